The number of amides is 1. The van der Waals surface area contributed by atoms with Gasteiger partial charge in [0.25, 0.3) is 5.91 Å². The molecule has 1 amide bonds. The van der Waals surface area contributed by atoms with Crippen LogP contribution < -0.4 is 15.8 Å². The van der Waals surface area contributed by atoms with E-state index in [1.807, 2.05) is 37.3 Å². The molecule has 0 aliphatic heterocycles. The smallest absolute Gasteiger partial charge is 0.257 e. The van der Waals surface area contributed by atoms with Gasteiger partial charge in [-0.05, 0) is 31.0 Å². The van der Waals surface area contributed by atoms with E-state index in [4.69, 9.17) is 15.7 Å². The van der Waals surface area contributed by atoms with Crippen molar-refractivity contribution in [2.75, 3.05) is 13.2 Å². The molecule has 0 saturated carbocycles. The van der Waals surface area contributed by atoms with E-state index in [9.17, 15) is 4.79 Å². The first kappa shape index (κ1) is 15.0. The van der Waals surface area contributed by atoms with Gasteiger partial charge in [-0.2, -0.15) is 5.26 Å². The molecule has 0 aliphatic carbocycles. The van der Waals surface area contributed by atoms with E-state index in [0.29, 0.717) is 18.7 Å². The third-order valence-corrected chi connectivity index (χ3v) is 2.41. The van der Waals surface area contributed by atoms with Gasteiger partial charge in [-0.25, -0.2) is 0 Å². The molecule has 1 atom stereocenters. The fourth-order valence-electron chi connectivity index (χ4n) is 1.55. The van der Waals surface area contributed by atoms with Crippen LogP contribution in [0.4, 0.5) is 0 Å². The summed E-state index contributed by atoms with van der Waals surface area (Å²) in [5.74, 6) is 0.416. The molecule has 1 aromatic carbocycles. The van der Waals surface area contributed by atoms with Crippen molar-refractivity contribution in [3.8, 4) is 11.8 Å². The average Bonchev–Trinajstić information content (AvgIpc) is 2.37. The largest absolute Gasteiger partial charge is 0.484 e. The number of benzene rings is 1. The molecule has 0 fully saturated rings. The Bertz CT molecular complexity index is 435. The van der Waals surface area contributed by atoms with Crippen molar-refractivity contribution in [1.82, 2.24) is 5.32 Å². The van der Waals surface area contributed by atoms with Crippen LogP contribution in [0.3, 0.4) is 0 Å². The van der Waals surface area contributed by atoms with E-state index in [-0.39, 0.29) is 18.6 Å². The van der Waals surface area contributed by atoms with Crippen molar-refractivity contribution in [2.24, 2.45) is 5.73 Å². The second-order valence-corrected chi connectivity index (χ2v) is 4.37. The molecule has 0 heterocycles. The first-order valence-electron chi connectivity index (χ1n) is 6.23. The van der Waals surface area contributed by atoms with Crippen LogP contribution >= 0.6 is 0 Å². The van der Waals surface area contributed by atoms with Gasteiger partial charge in [-0.15, -0.1) is 0 Å². The van der Waals surface area contributed by atoms with Crippen LogP contribution in [0, 0.1) is 11.3 Å². The highest BCUT2D eigenvalue weighted by molar-refractivity contribution is 5.77. The van der Waals surface area contributed by atoms with Gasteiger partial charge >= 0.3 is 0 Å². The average molecular weight is 261 g/mol. The van der Waals surface area contributed by atoms with Crippen molar-refractivity contribution in [3.05, 3.63) is 29.8 Å². The predicted molar refractivity (Wildman–Crippen MR) is 72.5 cm³/mol. The van der Waals surface area contributed by atoms with Gasteiger partial charge in [0, 0.05) is 12.6 Å². The maximum atomic E-state index is 11.3. The van der Waals surface area contributed by atoms with Gasteiger partial charge in [0.2, 0.25) is 0 Å². The van der Waals surface area contributed by atoms with E-state index in [2.05, 4.69) is 5.32 Å². The normalized spacial score (nSPS) is 11.4. The summed E-state index contributed by atoms with van der Waals surface area (Å²) in [6.07, 6.45) is 1.12. The van der Waals surface area contributed by atoms with Gasteiger partial charge in [-0.3, -0.25) is 4.79 Å². The minimum absolute atomic E-state index is 0.0436. The number of nitriles is 1. The van der Waals surface area contributed by atoms with Crippen LogP contribution in [-0.4, -0.2) is 25.1 Å². The highest BCUT2D eigenvalue weighted by atomic mass is 16.5. The van der Waals surface area contributed by atoms with Crippen LogP contribution in [0.15, 0.2) is 24.3 Å². The molecule has 0 saturated heterocycles. The number of ether oxygens (including phenoxy) is 1. The molecule has 1 unspecified atom stereocenters. The third-order valence-electron chi connectivity index (χ3n) is 2.41. The molecule has 0 aromatic heterocycles. The van der Waals surface area contributed by atoms with Gasteiger partial charge < -0.3 is 15.8 Å². The van der Waals surface area contributed by atoms with Crippen molar-refractivity contribution in [2.45, 2.75) is 25.8 Å². The molecule has 0 spiro atoms. The number of nitrogens with zero attached hydrogens (tertiary/aromatic N) is 1. The van der Waals surface area contributed by atoms with E-state index in [1.165, 1.54) is 0 Å². The van der Waals surface area contributed by atoms with Gasteiger partial charge in [0.15, 0.2) is 6.61 Å². The Kier molecular flexibility index (Phi) is 6.41. The minimum atomic E-state index is -0.227. The zero-order chi connectivity index (χ0) is 14.1. The van der Waals surface area contributed by atoms with Crippen molar-refractivity contribution in [1.29, 1.82) is 5.26 Å². The molecule has 0 bridgehead atoms. The van der Waals surface area contributed by atoms with E-state index in [0.717, 1.165) is 12.0 Å². The van der Waals surface area contributed by atoms with E-state index < -0.39 is 0 Å². The first-order chi connectivity index (χ1) is 9.11. The van der Waals surface area contributed by atoms with Crippen molar-refractivity contribution < 1.29 is 9.53 Å². The number of nitrogens with one attached hydrogen (secondary N) is 1. The van der Waals surface area contributed by atoms with Crippen LogP contribution in [0.25, 0.3) is 0 Å². The van der Waals surface area contributed by atoms with E-state index >= 15 is 0 Å². The summed E-state index contributed by atoms with van der Waals surface area (Å²) in [7, 11) is 0. The molecule has 1 aromatic rings. The Hall–Kier alpha value is -2.06. The topological polar surface area (TPSA) is 88.1 Å². The van der Waals surface area contributed by atoms with Crippen LogP contribution in [-0.2, 0) is 11.2 Å². The van der Waals surface area contributed by atoms with Gasteiger partial charge in [-0.1, -0.05) is 12.1 Å². The number of carbonyl (C=O) groups is 1. The lowest BCUT2D eigenvalue weighted by molar-refractivity contribution is -0.123. The lowest BCUT2D eigenvalue weighted by Crippen LogP contribution is -2.29. The zero-order valence-corrected chi connectivity index (χ0v) is 11.1. The highest BCUT2D eigenvalue weighted by Gasteiger charge is 2.03. The lowest BCUT2D eigenvalue weighted by Gasteiger charge is -2.08. The maximum absolute atomic E-state index is 11.3. The Morgan fingerprint density at radius 1 is 1.47 bits per heavy atom. The van der Waals surface area contributed by atoms with Gasteiger partial charge in [0.1, 0.15) is 5.75 Å². The second-order valence-electron chi connectivity index (χ2n) is 4.37. The SMILES string of the molecule is CC(N)Cc1ccc(OCC(=O)NCCC#N)cc1. The van der Waals surface area contributed by atoms with Crippen molar-refractivity contribution >= 4 is 5.91 Å². The Labute approximate surface area is 113 Å². The fourth-order valence-corrected chi connectivity index (χ4v) is 1.55. The second kappa shape index (κ2) is 8.11. The summed E-state index contributed by atoms with van der Waals surface area (Å²) < 4.78 is 5.33. The maximum Gasteiger partial charge on any atom is 0.257 e. The van der Waals surface area contributed by atoms with Crippen LogP contribution in [0.2, 0.25) is 0 Å². The predicted octanol–water partition coefficient (Wildman–Crippen LogP) is 0.985. The summed E-state index contributed by atoms with van der Waals surface area (Å²) in [6, 6.07) is 9.59. The molecule has 0 aliphatic rings. The summed E-state index contributed by atoms with van der Waals surface area (Å²) in [4.78, 5) is 11.3. The molecule has 5 nitrogen and oxygen atoms in total. The van der Waals surface area contributed by atoms with E-state index in [1.54, 1.807) is 0 Å². The molecule has 5 heteroatoms. The van der Waals surface area contributed by atoms with Crippen LogP contribution in [0.5, 0.6) is 5.75 Å². The molecular weight excluding hydrogens is 242 g/mol. The minimum Gasteiger partial charge on any atom is -0.484 e. The third kappa shape index (κ3) is 6.43. The number of hydrogen-bond acceptors (Lipinski definition) is 4. The summed E-state index contributed by atoms with van der Waals surface area (Å²) in [5.41, 5.74) is 6.85. The summed E-state index contributed by atoms with van der Waals surface area (Å²) in [6.45, 7) is 2.26. The molecule has 0 radical (unpaired) electrons. The monoisotopic (exact) mass is 261 g/mol. The quantitative estimate of drug-likeness (QED) is 0.716. The summed E-state index contributed by atoms with van der Waals surface area (Å²) >= 11 is 0. The highest BCUT2D eigenvalue weighted by Crippen LogP contribution is 2.12. The lowest BCUT2D eigenvalue weighted by atomic mass is 10.1. The van der Waals surface area contributed by atoms with Crippen molar-refractivity contribution in [3.63, 3.8) is 0 Å². The Balaban J connectivity index is 2.33. The summed E-state index contributed by atoms with van der Waals surface area (Å²) in [5, 5.41) is 10.9. The molecule has 3 N–H and O–H groups in total. The molecule has 102 valence electrons. The van der Waals surface area contributed by atoms with Crippen LogP contribution in [0.1, 0.15) is 18.9 Å². The first-order valence-corrected chi connectivity index (χ1v) is 6.23. The zero-order valence-electron chi connectivity index (χ0n) is 11.1. The number of carbonyl (C=O) groups excluding carboxylic acids is 1. The fraction of sp³-hybridized carbons (Fsp3) is 0.429. The van der Waals surface area contributed by atoms with Gasteiger partial charge in [0.05, 0.1) is 12.5 Å². The molecular formula is C14H19N3O2. The standard InChI is InChI=1S/C14H19N3O2/c1-11(16)9-12-3-5-13(6-4-12)19-10-14(18)17-8-2-7-15/h3-6,11H,2,8-10,16H2,1H3,(H,17,18). The number of nitrogens with two attached hydrogens (primary N) is 1. The Morgan fingerprint density at radius 3 is 2.74 bits per heavy atom. The molecule has 19 heavy (non-hydrogen) atoms. The number of hydrogen-bond donors (Lipinski definition) is 2. The number of rotatable bonds is 7. The Morgan fingerprint density at radius 2 is 2.16 bits per heavy atom. The molecule has 1 rings (SSSR count).